The summed E-state index contributed by atoms with van der Waals surface area (Å²) in [4.78, 5) is 23.9. The van der Waals surface area contributed by atoms with Crippen LogP contribution in [-0.4, -0.2) is 26.7 Å². The molecule has 0 bridgehead atoms. The molecule has 0 N–H and O–H groups in total. The standard InChI is InChI=1S/2C8H6N2.CH2O/c2*1-2-4-8-7(3-1)5-9-6-10-8;1-2/h2*1-6H;1H2. The fourth-order valence-corrected chi connectivity index (χ4v) is 1.85. The van der Waals surface area contributed by atoms with Crippen LogP contribution >= 0.6 is 0 Å². The predicted molar refractivity (Wildman–Crippen MR) is 86.2 cm³/mol. The van der Waals surface area contributed by atoms with Gasteiger partial charge in [0.2, 0.25) is 0 Å². The highest BCUT2D eigenvalue weighted by Gasteiger charge is 1.88. The zero-order chi connectivity index (χ0) is 15.6. The van der Waals surface area contributed by atoms with E-state index >= 15 is 0 Å². The van der Waals surface area contributed by atoms with Gasteiger partial charge in [0.15, 0.2) is 0 Å². The van der Waals surface area contributed by atoms with Gasteiger partial charge >= 0.3 is 0 Å². The maximum atomic E-state index is 8.00. The molecule has 0 saturated carbocycles. The lowest BCUT2D eigenvalue weighted by molar-refractivity contribution is -0.0979. The average Bonchev–Trinajstić information content (AvgIpc) is 2.64. The minimum absolute atomic E-state index is 0.998. The first-order valence-electron chi connectivity index (χ1n) is 6.52. The van der Waals surface area contributed by atoms with E-state index in [-0.39, 0.29) is 0 Å². The van der Waals surface area contributed by atoms with Crippen molar-refractivity contribution in [3.8, 4) is 0 Å². The van der Waals surface area contributed by atoms with Gasteiger partial charge in [-0.25, -0.2) is 19.9 Å². The van der Waals surface area contributed by atoms with Crippen molar-refractivity contribution >= 4 is 28.6 Å². The minimum Gasteiger partial charge on any atom is -0.307 e. The summed E-state index contributed by atoms with van der Waals surface area (Å²) in [6.45, 7) is 2.00. The van der Waals surface area contributed by atoms with Crippen molar-refractivity contribution < 1.29 is 4.79 Å². The molecule has 0 aliphatic carbocycles. The summed E-state index contributed by atoms with van der Waals surface area (Å²) >= 11 is 0. The second-order valence-electron chi connectivity index (χ2n) is 4.16. The number of hydrogen-bond donors (Lipinski definition) is 0. The fraction of sp³-hybridized carbons (Fsp3) is 0. The van der Waals surface area contributed by atoms with E-state index < -0.39 is 0 Å². The van der Waals surface area contributed by atoms with Gasteiger partial charge in [0.1, 0.15) is 19.4 Å². The van der Waals surface area contributed by atoms with Crippen LogP contribution in [0.5, 0.6) is 0 Å². The van der Waals surface area contributed by atoms with E-state index in [0.29, 0.717) is 0 Å². The van der Waals surface area contributed by atoms with Crippen molar-refractivity contribution in [1.82, 2.24) is 19.9 Å². The normalized spacial score (nSPS) is 9.27. The highest BCUT2D eigenvalue weighted by molar-refractivity contribution is 5.77. The third kappa shape index (κ3) is 3.89. The van der Waals surface area contributed by atoms with Crippen molar-refractivity contribution in [2.75, 3.05) is 0 Å². The summed E-state index contributed by atoms with van der Waals surface area (Å²) in [5.74, 6) is 0. The van der Waals surface area contributed by atoms with Gasteiger partial charge in [-0.05, 0) is 12.1 Å². The summed E-state index contributed by atoms with van der Waals surface area (Å²) in [7, 11) is 0. The monoisotopic (exact) mass is 290 g/mol. The van der Waals surface area contributed by atoms with Gasteiger partial charge < -0.3 is 4.79 Å². The van der Waals surface area contributed by atoms with Crippen LogP contribution in [0.2, 0.25) is 0 Å². The number of para-hydroxylation sites is 2. The van der Waals surface area contributed by atoms with Gasteiger partial charge in [0.25, 0.3) is 0 Å². The highest BCUT2D eigenvalue weighted by Crippen LogP contribution is 2.07. The summed E-state index contributed by atoms with van der Waals surface area (Å²) in [5.41, 5.74) is 2.00. The molecule has 0 atom stereocenters. The van der Waals surface area contributed by atoms with Crippen molar-refractivity contribution in [2.24, 2.45) is 0 Å². The molecule has 0 aliphatic rings. The largest absolute Gasteiger partial charge is 0.307 e. The van der Waals surface area contributed by atoms with E-state index in [1.165, 1.54) is 0 Å². The Bertz CT molecular complexity index is 649. The Morgan fingerprint density at radius 2 is 1.05 bits per heavy atom. The average molecular weight is 290 g/mol. The molecule has 108 valence electrons. The van der Waals surface area contributed by atoms with Gasteiger partial charge in [-0.1, -0.05) is 36.4 Å². The highest BCUT2D eigenvalue weighted by atomic mass is 16.1. The molecule has 4 rings (SSSR count). The summed E-state index contributed by atoms with van der Waals surface area (Å²) < 4.78 is 0. The maximum absolute atomic E-state index is 8.00. The minimum atomic E-state index is 0.998. The lowest BCUT2D eigenvalue weighted by Crippen LogP contribution is -1.77. The third-order valence-corrected chi connectivity index (χ3v) is 2.83. The van der Waals surface area contributed by atoms with Crippen LogP contribution in [0, 0.1) is 0 Å². The number of fused-ring (bicyclic) bond motifs is 2. The molecule has 22 heavy (non-hydrogen) atoms. The molecular formula is C17H14N4O. The lowest BCUT2D eigenvalue weighted by atomic mass is 10.2. The zero-order valence-electron chi connectivity index (χ0n) is 11.8. The molecule has 0 spiro atoms. The first-order valence-corrected chi connectivity index (χ1v) is 6.52. The smallest absolute Gasteiger partial charge is 0.116 e. The molecule has 2 aromatic carbocycles. The second-order valence-corrected chi connectivity index (χ2v) is 4.16. The molecule has 0 fully saturated rings. The molecule has 4 aromatic rings. The van der Waals surface area contributed by atoms with Gasteiger partial charge in [-0.15, -0.1) is 0 Å². The van der Waals surface area contributed by atoms with E-state index in [0.717, 1.165) is 21.8 Å². The van der Waals surface area contributed by atoms with Crippen LogP contribution in [0.3, 0.4) is 0 Å². The number of aromatic nitrogens is 4. The second kappa shape index (κ2) is 8.16. The summed E-state index contributed by atoms with van der Waals surface area (Å²) in [5, 5.41) is 2.18. The molecule has 5 heteroatoms. The first kappa shape index (κ1) is 15.2. The SMILES string of the molecule is C=O.c1ccc2ncncc2c1.c1ccc2ncncc2c1. The summed E-state index contributed by atoms with van der Waals surface area (Å²) in [6, 6.07) is 15.8. The Hall–Kier alpha value is -3.21. The van der Waals surface area contributed by atoms with Crippen LogP contribution in [0.1, 0.15) is 0 Å². The van der Waals surface area contributed by atoms with Gasteiger partial charge in [0, 0.05) is 23.2 Å². The number of benzene rings is 2. The van der Waals surface area contributed by atoms with E-state index in [1.54, 1.807) is 12.7 Å². The topological polar surface area (TPSA) is 68.6 Å². The quantitative estimate of drug-likeness (QED) is 0.498. The summed E-state index contributed by atoms with van der Waals surface area (Å²) in [6.07, 6.45) is 6.73. The number of hydrogen-bond acceptors (Lipinski definition) is 5. The lowest BCUT2D eigenvalue weighted by Gasteiger charge is -1.90. The van der Waals surface area contributed by atoms with Crippen LogP contribution < -0.4 is 0 Å². The molecule has 2 heterocycles. The van der Waals surface area contributed by atoms with Gasteiger partial charge in [-0.3, -0.25) is 0 Å². The van der Waals surface area contributed by atoms with Crippen molar-refractivity contribution in [3.05, 3.63) is 73.6 Å². The Morgan fingerprint density at radius 3 is 1.45 bits per heavy atom. The van der Waals surface area contributed by atoms with Crippen molar-refractivity contribution in [1.29, 1.82) is 0 Å². The van der Waals surface area contributed by atoms with Crippen LogP contribution in [0.15, 0.2) is 73.6 Å². The number of carbonyl (C=O) groups is 1. The molecule has 0 radical (unpaired) electrons. The predicted octanol–water partition coefficient (Wildman–Crippen LogP) is 3.07. The van der Waals surface area contributed by atoms with E-state index in [9.17, 15) is 0 Å². The van der Waals surface area contributed by atoms with Crippen LogP contribution in [0.4, 0.5) is 0 Å². The Balaban J connectivity index is 0.000000144. The molecule has 0 saturated heterocycles. The molecule has 5 nitrogen and oxygen atoms in total. The van der Waals surface area contributed by atoms with E-state index in [2.05, 4.69) is 19.9 Å². The van der Waals surface area contributed by atoms with Crippen molar-refractivity contribution in [3.63, 3.8) is 0 Å². The molecule has 0 aliphatic heterocycles. The maximum Gasteiger partial charge on any atom is 0.116 e. The Labute approximate surface area is 127 Å². The molecule has 0 unspecified atom stereocenters. The number of carbonyl (C=O) groups excluding carboxylic acids is 1. The Kier molecular flexibility index (Phi) is 5.63. The molecule has 0 amide bonds. The fourth-order valence-electron chi connectivity index (χ4n) is 1.85. The zero-order valence-corrected chi connectivity index (χ0v) is 11.8. The molecular weight excluding hydrogens is 276 g/mol. The number of nitrogens with zero attached hydrogens (tertiary/aromatic N) is 4. The van der Waals surface area contributed by atoms with E-state index in [1.807, 2.05) is 67.7 Å². The van der Waals surface area contributed by atoms with Crippen LogP contribution in [-0.2, 0) is 4.79 Å². The molecule has 2 aromatic heterocycles. The van der Waals surface area contributed by atoms with E-state index in [4.69, 9.17) is 4.79 Å². The van der Waals surface area contributed by atoms with Crippen LogP contribution in [0.25, 0.3) is 21.8 Å². The third-order valence-electron chi connectivity index (χ3n) is 2.83. The van der Waals surface area contributed by atoms with Gasteiger partial charge in [0.05, 0.1) is 11.0 Å². The first-order chi connectivity index (χ1) is 10.9. The van der Waals surface area contributed by atoms with Gasteiger partial charge in [-0.2, -0.15) is 0 Å². The van der Waals surface area contributed by atoms with Crippen molar-refractivity contribution in [2.45, 2.75) is 0 Å². The number of rotatable bonds is 0. The Morgan fingerprint density at radius 1 is 0.636 bits per heavy atom.